The fourth-order valence-corrected chi connectivity index (χ4v) is 1.85. The van der Waals surface area contributed by atoms with Crippen LogP contribution in [-0.2, 0) is 9.59 Å². The molecule has 0 radical (unpaired) electrons. The topological polar surface area (TPSA) is 57.6 Å². The summed E-state index contributed by atoms with van der Waals surface area (Å²) in [6.07, 6.45) is 3.50. The Morgan fingerprint density at radius 1 is 1.21 bits per heavy atom. The van der Waals surface area contributed by atoms with Crippen molar-refractivity contribution in [2.75, 3.05) is 13.2 Å². The summed E-state index contributed by atoms with van der Waals surface area (Å²) in [5, 5.41) is 9.11. The fourth-order valence-electron chi connectivity index (χ4n) is 1.85. The fraction of sp³-hybridized carbons (Fsp3) is 0.800. The summed E-state index contributed by atoms with van der Waals surface area (Å²) < 4.78 is 0. The van der Waals surface area contributed by atoms with Crippen molar-refractivity contribution in [2.24, 2.45) is 5.41 Å². The van der Waals surface area contributed by atoms with E-state index in [-0.39, 0.29) is 23.8 Å². The molecule has 1 saturated carbocycles. The quantitative estimate of drug-likeness (QED) is 0.662. The Kier molecular flexibility index (Phi) is 2.31. The number of aliphatic hydroxyl groups is 1. The van der Waals surface area contributed by atoms with E-state index in [1.54, 1.807) is 0 Å². The Hall–Kier alpha value is -0.900. The zero-order chi connectivity index (χ0) is 10.2. The molecule has 14 heavy (non-hydrogen) atoms. The average molecular weight is 197 g/mol. The van der Waals surface area contributed by atoms with Gasteiger partial charge < -0.3 is 5.11 Å². The first-order chi connectivity index (χ1) is 6.67. The van der Waals surface area contributed by atoms with Gasteiger partial charge >= 0.3 is 0 Å². The highest BCUT2D eigenvalue weighted by atomic mass is 16.3. The lowest BCUT2D eigenvalue weighted by atomic mass is 10.0. The highest BCUT2D eigenvalue weighted by molar-refractivity contribution is 5.97. The predicted octanol–water partition coefficient (Wildman–Crippen LogP) is 0.298. The lowest BCUT2D eigenvalue weighted by molar-refractivity contribution is -0.149. The normalized spacial score (nSPS) is 25.4. The van der Waals surface area contributed by atoms with E-state index in [0.717, 1.165) is 12.8 Å². The van der Waals surface area contributed by atoms with Crippen LogP contribution in [0.1, 0.15) is 32.1 Å². The molecule has 1 aliphatic carbocycles. The van der Waals surface area contributed by atoms with Gasteiger partial charge in [0, 0.05) is 24.8 Å². The number of hydrogen-bond donors (Lipinski definition) is 1. The second-order valence-electron chi connectivity index (χ2n) is 4.39. The van der Waals surface area contributed by atoms with Crippen LogP contribution in [0.25, 0.3) is 0 Å². The van der Waals surface area contributed by atoms with Crippen molar-refractivity contribution in [1.82, 2.24) is 4.90 Å². The van der Waals surface area contributed by atoms with Gasteiger partial charge in [0.05, 0.1) is 6.61 Å². The standard InChI is InChI=1S/C10H15NO3/c12-7-10(4-5-10)6-11-8(13)2-1-3-9(11)14/h12H,1-7H2. The number of carbonyl (C=O) groups excluding carboxylic acids is 2. The number of nitrogens with zero attached hydrogens (tertiary/aromatic N) is 1. The van der Waals surface area contributed by atoms with Crippen LogP contribution in [0.3, 0.4) is 0 Å². The highest BCUT2D eigenvalue weighted by Gasteiger charge is 2.45. The molecular formula is C10H15NO3. The lowest BCUT2D eigenvalue weighted by Gasteiger charge is -2.28. The number of rotatable bonds is 3. The van der Waals surface area contributed by atoms with Crippen molar-refractivity contribution in [3.8, 4) is 0 Å². The summed E-state index contributed by atoms with van der Waals surface area (Å²) >= 11 is 0. The molecule has 2 aliphatic rings. The molecule has 4 nitrogen and oxygen atoms in total. The Morgan fingerprint density at radius 2 is 1.79 bits per heavy atom. The van der Waals surface area contributed by atoms with Crippen LogP contribution in [0.15, 0.2) is 0 Å². The minimum atomic E-state index is -0.150. The molecule has 2 amide bonds. The molecule has 1 heterocycles. The number of carbonyl (C=O) groups is 2. The minimum Gasteiger partial charge on any atom is -0.396 e. The smallest absolute Gasteiger partial charge is 0.229 e. The van der Waals surface area contributed by atoms with Crippen molar-refractivity contribution in [3.63, 3.8) is 0 Å². The summed E-state index contributed by atoms with van der Waals surface area (Å²) in [4.78, 5) is 24.2. The first-order valence-corrected chi connectivity index (χ1v) is 5.11. The van der Waals surface area contributed by atoms with E-state index in [4.69, 9.17) is 5.11 Å². The van der Waals surface area contributed by atoms with Gasteiger partial charge in [0.25, 0.3) is 0 Å². The van der Waals surface area contributed by atoms with Gasteiger partial charge in [-0.15, -0.1) is 0 Å². The maximum Gasteiger partial charge on any atom is 0.229 e. The molecule has 2 fully saturated rings. The molecule has 4 heteroatoms. The van der Waals surface area contributed by atoms with Gasteiger partial charge in [-0.2, -0.15) is 0 Å². The van der Waals surface area contributed by atoms with Gasteiger partial charge in [0.1, 0.15) is 0 Å². The summed E-state index contributed by atoms with van der Waals surface area (Å²) in [5.41, 5.74) is -0.150. The van der Waals surface area contributed by atoms with E-state index in [9.17, 15) is 9.59 Å². The highest BCUT2D eigenvalue weighted by Crippen LogP contribution is 2.46. The third kappa shape index (κ3) is 1.66. The summed E-state index contributed by atoms with van der Waals surface area (Å²) in [7, 11) is 0. The third-order valence-electron chi connectivity index (χ3n) is 3.17. The molecule has 2 rings (SSSR count). The Labute approximate surface area is 82.9 Å². The van der Waals surface area contributed by atoms with Crippen LogP contribution < -0.4 is 0 Å². The van der Waals surface area contributed by atoms with E-state index in [2.05, 4.69) is 0 Å². The van der Waals surface area contributed by atoms with E-state index in [1.807, 2.05) is 0 Å². The van der Waals surface area contributed by atoms with Gasteiger partial charge in [-0.05, 0) is 19.3 Å². The van der Waals surface area contributed by atoms with Crippen LogP contribution in [0.5, 0.6) is 0 Å². The average Bonchev–Trinajstić information content (AvgIpc) is 2.93. The Balaban J connectivity index is 2.01. The molecule has 0 atom stereocenters. The largest absolute Gasteiger partial charge is 0.396 e. The minimum absolute atomic E-state index is 0.0685. The second kappa shape index (κ2) is 3.35. The lowest BCUT2D eigenvalue weighted by Crippen LogP contribution is -2.44. The molecule has 0 aromatic carbocycles. The molecule has 1 N–H and O–H groups in total. The number of aliphatic hydroxyl groups excluding tert-OH is 1. The maximum absolute atomic E-state index is 11.4. The first kappa shape index (κ1) is 9.65. The molecule has 0 aromatic heterocycles. The zero-order valence-corrected chi connectivity index (χ0v) is 8.16. The zero-order valence-electron chi connectivity index (χ0n) is 8.16. The van der Waals surface area contributed by atoms with Gasteiger partial charge in [-0.25, -0.2) is 0 Å². The number of hydrogen-bond acceptors (Lipinski definition) is 3. The number of imide groups is 1. The molecule has 1 saturated heterocycles. The van der Waals surface area contributed by atoms with Gasteiger partial charge in [0.15, 0.2) is 0 Å². The van der Waals surface area contributed by atoms with Crippen molar-refractivity contribution in [3.05, 3.63) is 0 Å². The van der Waals surface area contributed by atoms with E-state index < -0.39 is 0 Å². The van der Waals surface area contributed by atoms with E-state index >= 15 is 0 Å². The monoisotopic (exact) mass is 197 g/mol. The second-order valence-corrected chi connectivity index (χ2v) is 4.39. The molecule has 0 aromatic rings. The van der Waals surface area contributed by atoms with Crippen molar-refractivity contribution < 1.29 is 14.7 Å². The van der Waals surface area contributed by atoms with Crippen LogP contribution in [0, 0.1) is 5.41 Å². The summed E-state index contributed by atoms with van der Waals surface area (Å²) in [6.45, 7) is 0.519. The SMILES string of the molecule is O=C1CCCC(=O)N1CC1(CO)CC1. The molecular weight excluding hydrogens is 182 g/mol. The number of amides is 2. The number of likely N-dealkylation sites (tertiary alicyclic amines) is 1. The van der Waals surface area contributed by atoms with Crippen molar-refractivity contribution >= 4 is 11.8 Å². The first-order valence-electron chi connectivity index (χ1n) is 5.11. The third-order valence-corrected chi connectivity index (χ3v) is 3.17. The maximum atomic E-state index is 11.4. The van der Waals surface area contributed by atoms with Gasteiger partial charge in [-0.1, -0.05) is 0 Å². The molecule has 0 unspecified atom stereocenters. The predicted molar refractivity (Wildman–Crippen MR) is 49.3 cm³/mol. The molecule has 1 aliphatic heterocycles. The molecule has 78 valence electrons. The van der Waals surface area contributed by atoms with Crippen molar-refractivity contribution in [2.45, 2.75) is 32.1 Å². The molecule has 0 bridgehead atoms. The van der Waals surface area contributed by atoms with Crippen LogP contribution in [-0.4, -0.2) is 35.0 Å². The summed E-state index contributed by atoms with van der Waals surface area (Å²) in [5.74, 6) is -0.137. The van der Waals surface area contributed by atoms with Crippen LogP contribution in [0.4, 0.5) is 0 Å². The van der Waals surface area contributed by atoms with Crippen LogP contribution in [0.2, 0.25) is 0 Å². The Bertz CT molecular complexity index is 255. The van der Waals surface area contributed by atoms with E-state index in [0.29, 0.717) is 25.8 Å². The van der Waals surface area contributed by atoms with Crippen molar-refractivity contribution in [1.29, 1.82) is 0 Å². The summed E-state index contributed by atoms with van der Waals surface area (Å²) in [6, 6.07) is 0. The molecule has 0 spiro atoms. The van der Waals surface area contributed by atoms with Gasteiger partial charge in [0.2, 0.25) is 11.8 Å². The Morgan fingerprint density at radius 3 is 2.21 bits per heavy atom. The van der Waals surface area contributed by atoms with Crippen LogP contribution >= 0.6 is 0 Å². The number of piperidine rings is 1. The van der Waals surface area contributed by atoms with Gasteiger partial charge in [-0.3, -0.25) is 14.5 Å². The van der Waals surface area contributed by atoms with E-state index in [1.165, 1.54) is 4.90 Å².